The van der Waals surface area contributed by atoms with E-state index in [0.29, 0.717) is 12.0 Å². The smallest absolute Gasteiger partial charge is 0.240 e. The fourth-order valence-electron chi connectivity index (χ4n) is 2.13. The van der Waals surface area contributed by atoms with E-state index < -0.39 is 20.0 Å². The van der Waals surface area contributed by atoms with E-state index >= 15 is 0 Å². The summed E-state index contributed by atoms with van der Waals surface area (Å²) in [6.07, 6.45) is 0.385. The van der Waals surface area contributed by atoms with Gasteiger partial charge in [-0.3, -0.25) is 4.79 Å². The van der Waals surface area contributed by atoms with Crippen LogP contribution in [-0.2, 0) is 26.5 Å². The highest BCUT2D eigenvalue weighted by Crippen LogP contribution is 2.12. The van der Waals surface area contributed by atoms with Crippen LogP contribution >= 0.6 is 0 Å². The largest absolute Gasteiger partial charge is 0.295 e. The summed E-state index contributed by atoms with van der Waals surface area (Å²) in [5.41, 5.74) is 1.20. The van der Waals surface area contributed by atoms with Crippen molar-refractivity contribution in [1.29, 1.82) is 0 Å². The fourth-order valence-corrected chi connectivity index (χ4v) is 3.67. The van der Waals surface area contributed by atoms with Crippen LogP contribution in [0.25, 0.3) is 0 Å². The van der Waals surface area contributed by atoms with Crippen molar-refractivity contribution in [2.45, 2.75) is 23.1 Å². The lowest BCUT2D eigenvalue weighted by molar-refractivity contribution is 0.101. The molecule has 2 aromatic rings. The van der Waals surface area contributed by atoms with Gasteiger partial charge in [0.25, 0.3) is 0 Å². The molecule has 7 nitrogen and oxygen atoms in total. The Morgan fingerprint density at radius 2 is 1.44 bits per heavy atom. The van der Waals surface area contributed by atoms with Gasteiger partial charge in [-0.2, -0.15) is 0 Å². The number of carbonyl (C=O) groups is 1. The average Bonchev–Trinajstić information content (AvgIpc) is 2.54. The molecule has 2 aromatic carbocycles. The van der Waals surface area contributed by atoms with Gasteiger partial charge in [0, 0.05) is 12.1 Å². The van der Waals surface area contributed by atoms with E-state index in [1.54, 1.807) is 12.1 Å². The Bertz CT molecular complexity index is 964. The number of hydrogen-bond acceptors (Lipinski definition) is 5. The molecule has 0 aliphatic carbocycles. The summed E-state index contributed by atoms with van der Waals surface area (Å²) in [4.78, 5) is 11.3. The molecule has 0 aliphatic heterocycles. The van der Waals surface area contributed by atoms with Gasteiger partial charge in [0.2, 0.25) is 20.0 Å². The van der Waals surface area contributed by atoms with Crippen LogP contribution < -0.4 is 9.86 Å². The minimum absolute atomic E-state index is 0.00221. The number of nitrogens with two attached hydrogens (primary N) is 1. The quantitative estimate of drug-likeness (QED) is 0.693. The third-order valence-corrected chi connectivity index (χ3v) is 5.93. The molecule has 0 atom stereocenters. The van der Waals surface area contributed by atoms with Crippen molar-refractivity contribution in [2.75, 3.05) is 6.54 Å². The maximum atomic E-state index is 12.2. The van der Waals surface area contributed by atoms with Gasteiger partial charge in [0.1, 0.15) is 0 Å². The molecule has 0 fully saturated rings. The van der Waals surface area contributed by atoms with Crippen molar-refractivity contribution in [3.63, 3.8) is 0 Å². The molecule has 0 unspecified atom stereocenters. The van der Waals surface area contributed by atoms with Gasteiger partial charge in [-0.25, -0.2) is 26.7 Å². The van der Waals surface area contributed by atoms with Crippen LogP contribution in [0.5, 0.6) is 0 Å². The Labute approximate surface area is 147 Å². The number of primary sulfonamides is 1. The lowest BCUT2D eigenvalue weighted by Crippen LogP contribution is -2.26. The zero-order valence-electron chi connectivity index (χ0n) is 13.5. The molecular formula is C16H18N2O5S2. The monoisotopic (exact) mass is 382 g/mol. The Morgan fingerprint density at radius 1 is 0.920 bits per heavy atom. The topological polar surface area (TPSA) is 123 Å². The summed E-state index contributed by atoms with van der Waals surface area (Å²) in [5, 5.41) is 5.02. The zero-order valence-corrected chi connectivity index (χ0v) is 15.1. The van der Waals surface area contributed by atoms with E-state index in [9.17, 15) is 21.6 Å². The summed E-state index contributed by atoms with van der Waals surface area (Å²) >= 11 is 0. The van der Waals surface area contributed by atoms with E-state index in [-0.39, 0.29) is 22.1 Å². The van der Waals surface area contributed by atoms with Gasteiger partial charge in [0.05, 0.1) is 9.79 Å². The van der Waals surface area contributed by atoms with Crippen LogP contribution in [0.4, 0.5) is 0 Å². The SMILES string of the molecule is CC(=O)c1ccc(S(=O)(=O)NCCc2ccc(S(N)(=O)=O)cc2)cc1. The normalized spacial score (nSPS) is 12.1. The molecule has 134 valence electrons. The first-order chi connectivity index (χ1) is 11.6. The number of ketones is 1. The van der Waals surface area contributed by atoms with Crippen molar-refractivity contribution >= 4 is 25.8 Å². The molecule has 0 saturated heterocycles. The van der Waals surface area contributed by atoms with Gasteiger partial charge in [-0.05, 0) is 43.2 Å². The predicted molar refractivity (Wildman–Crippen MR) is 93.2 cm³/mol. The highest BCUT2D eigenvalue weighted by molar-refractivity contribution is 7.89. The van der Waals surface area contributed by atoms with E-state index in [2.05, 4.69) is 4.72 Å². The number of nitrogens with one attached hydrogen (secondary N) is 1. The molecule has 0 aromatic heterocycles. The van der Waals surface area contributed by atoms with E-state index in [1.165, 1.54) is 43.3 Å². The number of sulfonamides is 2. The minimum Gasteiger partial charge on any atom is -0.295 e. The van der Waals surface area contributed by atoms with E-state index in [0.717, 1.165) is 5.56 Å². The molecule has 2 rings (SSSR count). The van der Waals surface area contributed by atoms with E-state index in [1.807, 2.05) is 0 Å². The lowest BCUT2D eigenvalue weighted by Gasteiger charge is -2.08. The molecule has 0 radical (unpaired) electrons. The first kappa shape index (κ1) is 19.3. The Morgan fingerprint density at radius 3 is 1.92 bits per heavy atom. The van der Waals surface area contributed by atoms with E-state index in [4.69, 9.17) is 5.14 Å². The van der Waals surface area contributed by atoms with Crippen LogP contribution in [0.2, 0.25) is 0 Å². The summed E-state index contributed by atoms with van der Waals surface area (Å²) < 4.78 is 49.2. The Balaban J connectivity index is 1.99. The third kappa shape index (κ3) is 5.20. The summed E-state index contributed by atoms with van der Waals surface area (Å²) in [7, 11) is -7.43. The van der Waals surface area contributed by atoms with Crippen molar-refractivity contribution in [1.82, 2.24) is 4.72 Å². The minimum atomic E-state index is -3.74. The van der Waals surface area contributed by atoms with Crippen LogP contribution in [0.1, 0.15) is 22.8 Å². The van der Waals surface area contributed by atoms with Crippen LogP contribution in [0, 0.1) is 0 Å². The van der Waals surface area contributed by atoms with Gasteiger partial charge in [-0.15, -0.1) is 0 Å². The molecule has 0 bridgehead atoms. The van der Waals surface area contributed by atoms with Crippen LogP contribution in [0.3, 0.4) is 0 Å². The third-order valence-electron chi connectivity index (χ3n) is 3.53. The second kappa shape index (κ2) is 7.44. The van der Waals surface area contributed by atoms with Crippen LogP contribution in [-0.4, -0.2) is 29.2 Å². The van der Waals surface area contributed by atoms with Gasteiger partial charge in [0.15, 0.2) is 5.78 Å². The summed E-state index contributed by atoms with van der Waals surface area (Å²) in [6.45, 7) is 1.55. The number of hydrogen-bond donors (Lipinski definition) is 2. The molecule has 0 heterocycles. The van der Waals surface area contributed by atoms with Crippen molar-refractivity contribution < 1.29 is 21.6 Å². The molecule has 0 spiro atoms. The first-order valence-electron chi connectivity index (χ1n) is 7.32. The van der Waals surface area contributed by atoms with Crippen molar-refractivity contribution in [3.8, 4) is 0 Å². The lowest BCUT2D eigenvalue weighted by atomic mass is 10.2. The zero-order chi connectivity index (χ0) is 18.7. The number of rotatable bonds is 7. The van der Waals surface area contributed by atoms with Gasteiger partial charge in [-0.1, -0.05) is 24.3 Å². The molecular weight excluding hydrogens is 364 g/mol. The van der Waals surface area contributed by atoms with Crippen molar-refractivity contribution in [3.05, 3.63) is 59.7 Å². The first-order valence-corrected chi connectivity index (χ1v) is 10.3. The molecule has 25 heavy (non-hydrogen) atoms. The number of carbonyl (C=O) groups excluding carboxylic acids is 1. The fraction of sp³-hybridized carbons (Fsp3) is 0.188. The summed E-state index contributed by atoms with van der Waals surface area (Å²) in [6, 6.07) is 11.6. The van der Waals surface area contributed by atoms with Crippen LogP contribution in [0.15, 0.2) is 58.3 Å². The Hall–Kier alpha value is -2.07. The maximum absolute atomic E-state index is 12.2. The maximum Gasteiger partial charge on any atom is 0.240 e. The van der Waals surface area contributed by atoms with Gasteiger partial charge < -0.3 is 0 Å². The average molecular weight is 382 g/mol. The van der Waals surface area contributed by atoms with Gasteiger partial charge >= 0.3 is 0 Å². The molecule has 0 amide bonds. The molecule has 0 aliphatic rings. The molecule has 0 saturated carbocycles. The predicted octanol–water partition coefficient (Wildman–Crippen LogP) is 1.06. The Kier molecular flexibility index (Phi) is 5.73. The standard InChI is InChI=1S/C16H18N2O5S2/c1-12(19)14-4-8-16(9-5-14)25(22,23)18-11-10-13-2-6-15(7-3-13)24(17,20)21/h2-9,18H,10-11H2,1H3,(H2,17,20,21). The van der Waals surface area contributed by atoms with Crippen molar-refractivity contribution in [2.24, 2.45) is 5.14 Å². The molecule has 3 N–H and O–H groups in total. The highest BCUT2D eigenvalue weighted by Gasteiger charge is 2.14. The summed E-state index contributed by atoms with van der Waals surface area (Å²) in [5.74, 6) is -0.139. The number of Topliss-reactive ketones (excluding diaryl/α,β-unsaturated/α-hetero) is 1. The second-order valence-corrected chi connectivity index (χ2v) is 8.75. The highest BCUT2D eigenvalue weighted by atomic mass is 32.2. The number of benzene rings is 2. The second-order valence-electron chi connectivity index (χ2n) is 5.42. The molecule has 9 heteroatoms.